The molecule has 0 aromatic rings. The molecule has 0 saturated carbocycles. The average Bonchev–Trinajstić information content (AvgIpc) is 3.18. The third-order valence-corrected chi connectivity index (χ3v) is 11.9. The van der Waals surface area contributed by atoms with E-state index < -0.39 is 32.5 Å². The number of esters is 2. The molecule has 9 heteroatoms. The van der Waals surface area contributed by atoms with Gasteiger partial charge in [0.05, 0.1) is 6.61 Å². The number of phosphoric acid groups is 1. The van der Waals surface area contributed by atoms with E-state index in [2.05, 4.69) is 18.4 Å². The Bertz CT molecular complexity index is 894. The third kappa shape index (κ3) is 47.6. The molecule has 8 nitrogen and oxygen atoms in total. The second-order valence-electron chi connectivity index (χ2n) is 17.2. The van der Waals surface area contributed by atoms with Gasteiger partial charge in [-0.2, -0.15) is 0 Å². The van der Waals surface area contributed by atoms with Crippen molar-refractivity contribution in [3.63, 3.8) is 0 Å². The SMILES string of the molecule is CCCCCCCCCCCCCCCCCCCCCCCC(=O)OC(COC(=O)CCCCCCCCCCCCCCCCCCCC)COP(=O)(O)O. The number of phosphoric ester groups is 1. The van der Waals surface area contributed by atoms with Crippen molar-refractivity contribution in [2.45, 2.75) is 283 Å². The second-order valence-corrected chi connectivity index (χ2v) is 18.4. The van der Waals surface area contributed by atoms with Crippen LogP contribution in [0.3, 0.4) is 0 Å². The van der Waals surface area contributed by atoms with Crippen LogP contribution in [0.1, 0.15) is 277 Å². The average molecular weight is 831 g/mol. The maximum absolute atomic E-state index is 12.5. The molecule has 0 spiro atoms. The number of rotatable bonds is 47. The van der Waals surface area contributed by atoms with E-state index in [9.17, 15) is 14.2 Å². The van der Waals surface area contributed by atoms with Gasteiger partial charge < -0.3 is 19.3 Å². The van der Waals surface area contributed by atoms with E-state index in [1.165, 1.54) is 212 Å². The summed E-state index contributed by atoms with van der Waals surface area (Å²) < 4.78 is 26.5. The Morgan fingerprint density at radius 1 is 0.386 bits per heavy atom. The first kappa shape index (κ1) is 56.0. The fourth-order valence-corrected chi connectivity index (χ4v) is 8.03. The number of unbranched alkanes of at least 4 members (excludes halogenated alkanes) is 37. The zero-order chi connectivity index (χ0) is 41.8. The molecule has 0 fully saturated rings. The summed E-state index contributed by atoms with van der Waals surface area (Å²) in [5.74, 6) is -0.861. The Labute approximate surface area is 353 Å². The maximum atomic E-state index is 12.5. The molecule has 0 aliphatic rings. The summed E-state index contributed by atoms with van der Waals surface area (Å²) in [6, 6.07) is 0. The van der Waals surface area contributed by atoms with Gasteiger partial charge in [-0.3, -0.25) is 14.1 Å². The van der Waals surface area contributed by atoms with E-state index in [-0.39, 0.29) is 19.4 Å². The molecule has 1 unspecified atom stereocenters. The van der Waals surface area contributed by atoms with Crippen LogP contribution < -0.4 is 0 Å². The lowest BCUT2D eigenvalue weighted by molar-refractivity contribution is -0.161. The van der Waals surface area contributed by atoms with Crippen molar-refractivity contribution in [1.29, 1.82) is 0 Å². The van der Waals surface area contributed by atoms with Gasteiger partial charge in [-0.15, -0.1) is 0 Å². The molecule has 0 aromatic carbocycles. The Morgan fingerprint density at radius 2 is 0.632 bits per heavy atom. The molecule has 0 aliphatic heterocycles. The topological polar surface area (TPSA) is 119 Å². The molecule has 1 atom stereocenters. The highest BCUT2D eigenvalue weighted by Crippen LogP contribution is 2.36. The lowest BCUT2D eigenvalue weighted by Crippen LogP contribution is -2.29. The highest BCUT2D eigenvalue weighted by molar-refractivity contribution is 7.46. The molecule has 0 bridgehead atoms. The van der Waals surface area contributed by atoms with Crippen LogP contribution in [0, 0.1) is 0 Å². The number of carbonyl (C=O) groups excluding carboxylic acids is 2. The van der Waals surface area contributed by atoms with Gasteiger partial charge in [0.1, 0.15) is 6.61 Å². The van der Waals surface area contributed by atoms with Gasteiger partial charge in [0, 0.05) is 12.8 Å². The summed E-state index contributed by atoms with van der Waals surface area (Å²) in [5.41, 5.74) is 0. The normalized spacial score (nSPS) is 12.3. The number of ether oxygens (including phenoxy) is 2. The lowest BCUT2D eigenvalue weighted by Gasteiger charge is -2.18. The number of carbonyl (C=O) groups is 2. The molecule has 0 heterocycles. The Hall–Kier alpha value is -0.950. The van der Waals surface area contributed by atoms with Gasteiger partial charge in [-0.1, -0.05) is 251 Å². The minimum atomic E-state index is -4.75. The molecule has 340 valence electrons. The van der Waals surface area contributed by atoms with Crippen LogP contribution in [-0.4, -0.2) is 41.0 Å². The fraction of sp³-hybridized carbons (Fsp3) is 0.958. The van der Waals surface area contributed by atoms with Gasteiger partial charge in [0.25, 0.3) is 0 Å². The fourth-order valence-electron chi connectivity index (χ4n) is 7.67. The molecular weight excluding hydrogens is 735 g/mol. The van der Waals surface area contributed by atoms with Gasteiger partial charge in [-0.05, 0) is 12.8 Å². The lowest BCUT2D eigenvalue weighted by atomic mass is 10.0. The minimum Gasteiger partial charge on any atom is -0.462 e. The van der Waals surface area contributed by atoms with E-state index in [4.69, 9.17) is 19.3 Å². The second kappa shape index (κ2) is 44.6. The van der Waals surface area contributed by atoms with E-state index in [0.29, 0.717) is 6.42 Å². The van der Waals surface area contributed by atoms with Crippen molar-refractivity contribution >= 4 is 19.8 Å². The van der Waals surface area contributed by atoms with Crippen molar-refractivity contribution in [3.05, 3.63) is 0 Å². The summed E-state index contributed by atoms with van der Waals surface area (Å²) in [5, 5.41) is 0. The predicted octanol–water partition coefficient (Wildman–Crippen LogP) is 15.6. The molecule has 0 amide bonds. The molecule has 57 heavy (non-hydrogen) atoms. The van der Waals surface area contributed by atoms with Crippen molar-refractivity contribution in [3.8, 4) is 0 Å². The summed E-state index contributed by atoms with van der Waals surface area (Å²) in [7, 11) is -4.75. The highest BCUT2D eigenvalue weighted by Gasteiger charge is 2.23. The van der Waals surface area contributed by atoms with E-state index in [0.717, 1.165) is 32.1 Å². The van der Waals surface area contributed by atoms with Crippen molar-refractivity contribution in [2.24, 2.45) is 0 Å². The highest BCUT2D eigenvalue weighted by atomic mass is 31.2. The first-order chi connectivity index (χ1) is 27.8. The monoisotopic (exact) mass is 831 g/mol. The first-order valence-electron chi connectivity index (χ1n) is 24.8. The Morgan fingerprint density at radius 3 is 0.895 bits per heavy atom. The van der Waals surface area contributed by atoms with Crippen molar-refractivity contribution in [1.82, 2.24) is 0 Å². The van der Waals surface area contributed by atoms with Crippen LogP contribution in [-0.2, 0) is 28.2 Å². The number of hydrogen-bond donors (Lipinski definition) is 2. The maximum Gasteiger partial charge on any atom is 0.469 e. The molecule has 0 aromatic heterocycles. The molecular formula is C48H95O8P. The van der Waals surface area contributed by atoms with Crippen LogP contribution in [0.2, 0.25) is 0 Å². The largest absolute Gasteiger partial charge is 0.469 e. The van der Waals surface area contributed by atoms with Gasteiger partial charge in [0.15, 0.2) is 6.10 Å². The summed E-state index contributed by atoms with van der Waals surface area (Å²) in [6.45, 7) is 3.75. The van der Waals surface area contributed by atoms with E-state index in [1.807, 2.05) is 0 Å². The Balaban J connectivity index is 3.77. The third-order valence-electron chi connectivity index (χ3n) is 11.4. The molecule has 0 radical (unpaired) electrons. The first-order valence-corrected chi connectivity index (χ1v) is 26.4. The minimum absolute atomic E-state index is 0.221. The van der Waals surface area contributed by atoms with Crippen molar-refractivity contribution in [2.75, 3.05) is 13.2 Å². The standard InChI is InChI=1S/C48H95O8P/c1-3-5-7-9-11-13-15-17-19-21-23-24-25-27-29-31-33-35-37-39-41-43-48(50)56-46(45-55-57(51,52)53)44-54-47(49)42-40-38-36-34-32-30-28-26-22-20-18-16-14-12-10-8-6-4-2/h46H,3-45H2,1-2H3,(H2,51,52,53). The Kier molecular flexibility index (Phi) is 43.9. The van der Waals surface area contributed by atoms with Crippen LogP contribution >= 0.6 is 7.82 Å². The zero-order valence-corrected chi connectivity index (χ0v) is 38.7. The summed E-state index contributed by atoms with van der Waals surface area (Å²) in [6.07, 6.45) is 49.8. The van der Waals surface area contributed by atoms with Gasteiger partial charge in [-0.25, -0.2) is 4.57 Å². The zero-order valence-electron chi connectivity index (χ0n) is 37.8. The quantitative estimate of drug-likeness (QED) is 0.0353. The molecule has 2 N–H and O–H groups in total. The van der Waals surface area contributed by atoms with E-state index in [1.54, 1.807) is 0 Å². The van der Waals surface area contributed by atoms with Crippen molar-refractivity contribution < 1.29 is 37.9 Å². The molecule has 0 aliphatic carbocycles. The van der Waals surface area contributed by atoms with Gasteiger partial charge in [0.2, 0.25) is 0 Å². The summed E-state index contributed by atoms with van der Waals surface area (Å²) >= 11 is 0. The summed E-state index contributed by atoms with van der Waals surface area (Å²) in [4.78, 5) is 43.0. The van der Waals surface area contributed by atoms with Gasteiger partial charge >= 0.3 is 19.8 Å². The van der Waals surface area contributed by atoms with Crippen LogP contribution in [0.15, 0.2) is 0 Å². The van der Waals surface area contributed by atoms with E-state index >= 15 is 0 Å². The molecule has 0 saturated heterocycles. The molecule has 0 rings (SSSR count). The van der Waals surface area contributed by atoms with Crippen LogP contribution in [0.5, 0.6) is 0 Å². The predicted molar refractivity (Wildman–Crippen MR) is 239 cm³/mol. The number of hydrogen-bond acceptors (Lipinski definition) is 6. The van der Waals surface area contributed by atoms with Crippen LogP contribution in [0.25, 0.3) is 0 Å². The smallest absolute Gasteiger partial charge is 0.462 e. The van der Waals surface area contributed by atoms with Crippen LogP contribution in [0.4, 0.5) is 0 Å².